The Morgan fingerprint density at radius 3 is 2.91 bits per heavy atom. The zero-order valence-corrected chi connectivity index (χ0v) is 6.83. The van der Waals surface area contributed by atoms with Crippen molar-refractivity contribution >= 4 is 5.97 Å². The molecule has 60 valence electrons. The molecule has 0 saturated heterocycles. The minimum absolute atomic E-state index is 0.171. The number of carbonyl (C=O) groups excluding carboxylic acids is 1. The molecule has 1 rings (SSSR count). The quantitative estimate of drug-likeness (QED) is 0.444. The van der Waals surface area contributed by atoms with Crippen molar-refractivity contribution in [2.75, 3.05) is 6.61 Å². The number of esters is 1. The molecule has 0 radical (unpaired) electrons. The normalized spacial score (nSPS) is 20.2. The van der Waals surface area contributed by atoms with Crippen LogP contribution in [0.1, 0.15) is 13.8 Å². The minimum Gasteiger partial charge on any atom is -0.458 e. The number of cyclic esters (lactones) is 1. The SMILES string of the molecule is C/C=C/C(C)C1=CCOC1=O. The average Bonchev–Trinajstić information content (AvgIpc) is 2.36. The summed E-state index contributed by atoms with van der Waals surface area (Å²) >= 11 is 0. The van der Waals surface area contributed by atoms with Crippen LogP contribution in [0.15, 0.2) is 23.8 Å². The topological polar surface area (TPSA) is 26.3 Å². The number of hydrogen-bond acceptors (Lipinski definition) is 2. The Kier molecular flexibility index (Phi) is 2.47. The van der Waals surface area contributed by atoms with E-state index in [0.717, 1.165) is 5.57 Å². The molecular formula is C9H12O2. The van der Waals surface area contributed by atoms with Crippen LogP contribution in [0.3, 0.4) is 0 Å². The molecular weight excluding hydrogens is 140 g/mol. The van der Waals surface area contributed by atoms with Crippen molar-refractivity contribution in [3.05, 3.63) is 23.8 Å². The summed E-state index contributed by atoms with van der Waals surface area (Å²) in [5.74, 6) is 0.0191. The van der Waals surface area contributed by atoms with Crippen LogP contribution in [0.2, 0.25) is 0 Å². The summed E-state index contributed by atoms with van der Waals surface area (Å²) in [5.41, 5.74) is 0.781. The molecule has 1 aliphatic rings. The lowest BCUT2D eigenvalue weighted by atomic mass is 10.0. The Bertz CT molecular complexity index is 214. The lowest BCUT2D eigenvalue weighted by Crippen LogP contribution is -2.05. The van der Waals surface area contributed by atoms with Crippen molar-refractivity contribution in [3.8, 4) is 0 Å². The van der Waals surface area contributed by atoms with Gasteiger partial charge in [0.25, 0.3) is 0 Å². The van der Waals surface area contributed by atoms with Gasteiger partial charge < -0.3 is 4.74 Å². The van der Waals surface area contributed by atoms with Gasteiger partial charge in [-0.25, -0.2) is 4.79 Å². The van der Waals surface area contributed by atoms with Crippen molar-refractivity contribution < 1.29 is 9.53 Å². The molecule has 0 aromatic heterocycles. The molecule has 0 aromatic rings. The summed E-state index contributed by atoms with van der Waals surface area (Å²) in [6.45, 7) is 4.37. The van der Waals surface area contributed by atoms with Gasteiger partial charge >= 0.3 is 5.97 Å². The van der Waals surface area contributed by atoms with E-state index >= 15 is 0 Å². The maximum atomic E-state index is 11.0. The summed E-state index contributed by atoms with van der Waals surface area (Å²) in [4.78, 5) is 11.0. The van der Waals surface area contributed by atoms with Gasteiger partial charge in [0.2, 0.25) is 0 Å². The molecule has 11 heavy (non-hydrogen) atoms. The summed E-state index contributed by atoms with van der Waals surface area (Å²) in [6, 6.07) is 0. The van der Waals surface area contributed by atoms with E-state index in [-0.39, 0.29) is 11.9 Å². The number of hydrogen-bond donors (Lipinski definition) is 0. The van der Waals surface area contributed by atoms with Crippen LogP contribution >= 0.6 is 0 Å². The van der Waals surface area contributed by atoms with Crippen LogP contribution in [0.4, 0.5) is 0 Å². The highest BCUT2D eigenvalue weighted by molar-refractivity contribution is 5.91. The fraction of sp³-hybridized carbons (Fsp3) is 0.444. The molecule has 1 unspecified atom stereocenters. The monoisotopic (exact) mass is 152 g/mol. The number of allylic oxidation sites excluding steroid dienone is 2. The Labute approximate surface area is 66.5 Å². The van der Waals surface area contributed by atoms with Crippen LogP contribution in [0.5, 0.6) is 0 Å². The van der Waals surface area contributed by atoms with Crippen molar-refractivity contribution in [2.45, 2.75) is 13.8 Å². The van der Waals surface area contributed by atoms with Crippen molar-refractivity contribution in [1.29, 1.82) is 0 Å². The van der Waals surface area contributed by atoms with Gasteiger partial charge in [-0.2, -0.15) is 0 Å². The van der Waals surface area contributed by atoms with Gasteiger partial charge in [0.05, 0.1) is 0 Å². The van der Waals surface area contributed by atoms with Crippen LogP contribution in [0.25, 0.3) is 0 Å². The standard InChI is InChI=1S/C9H12O2/c1-3-4-7(2)8-5-6-11-9(8)10/h3-5,7H,6H2,1-2H3/b4-3+. The first-order chi connectivity index (χ1) is 5.25. The van der Waals surface area contributed by atoms with Gasteiger partial charge in [-0.3, -0.25) is 0 Å². The maximum absolute atomic E-state index is 11.0. The minimum atomic E-state index is -0.171. The molecule has 2 heteroatoms. The second-order valence-corrected chi connectivity index (χ2v) is 2.57. The summed E-state index contributed by atoms with van der Waals surface area (Å²) < 4.78 is 4.77. The highest BCUT2D eigenvalue weighted by Crippen LogP contribution is 2.17. The molecule has 1 aliphatic heterocycles. The third-order valence-corrected chi connectivity index (χ3v) is 1.73. The Balaban J connectivity index is 2.66. The van der Waals surface area contributed by atoms with E-state index in [1.54, 1.807) is 0 Å². The van der Waals surface area contributed by atoms with Gasteiger partial charge in [-0.1, -0.05) is 19.1 Å². The van der Waals surface area contributed by atoms with E-state index < -0.39 is 0 Å². The zero-order chi connectivity index (χ0) is 8.27. The van der Waals surface area contributed by atoms with Crippen LogP contribution in [0, 0.1) is 5.92 Å². The Morgan fingerprint density at radius 1 is 1.73 bits per heavy atom. The maximum Gasteiger partial charge on any atom is 0.334 e. The molecule has 1 atom stereocenters. The largest absolute Gasteiger partial charge is 0.458 e. The van der Waals surface area contributed by atoms with Gasteiger partial charge in [0, 0.05) is 11.5 Å². The Hall–Kier alpha value is -1.05. The van der Waals surface area contributed by atoms with E-state index in [9.17, 15) is 4.79 Å². The fourth-order valence-electron chi connectivity index (χ4n) is 1.14. The number of rotatable bonds is 2. The molecule has 0 saturated carbocycles. The second-order valence-electron chi connectivity index (χ2n) is 2.57. The third-order valence-electron chi connectivity index (χ3n) is 1.73. The molecule has 0 aromatic carbocycles. The van der Waals surface area contributed by atoms with E-state index in [2.05, 4.69) is 0 Å². The van der Waals surface area contributed by atoms with Gasteiger partial charge in [0.15, 0.2) is 0 Å². The second kappa shape index (κ2) is 3.37. The van der Waals surface area contributed by atoms with Crippen LogP contribution < -0.4 is 0 Å². The first-order valence-electron chi connectivity index (χ1n) is 3.75. The van der Waals surface area contributed by atoms with Crippen LogP contribution in [-0.4, -0.2) is 12.6 Å². The molecule has 0 N–H and O–H groups in total. The summed E-state index contributed by atoms with van der Waals surface area (Å²) in [7, 11) is 0. The average molecular weight is 152 g/mol. The lowest BCUT2D eigenvalue weighted by molar-refractivity contribution is -0.136. The summed E-state index contributed by atoms with van der Waals surface area (Å²) in [5, 5.41) is 0. The lowest BCUT2D eigenvalue weighted by Gasteiger charge is -2.02. The zero-order valence-electron chi connectivity index (χ0n) is 6.83. The third kappa shape index (κ3) is 1.70. The molecule has 0 spiro atoms. The van der Waals surface area contributed by atoms with E-state index in [0.29, 0.717) is 6.61 Å². The predicted octanol–water partition coefficient (Wildman–Crippen LogP) is 1.68. The number of carbonyl (C=O) groups is 1. The molecule has 1 heterocycles. The highest BCUT2D eigenvalue weighted by atomic mass is 16.5. The number of ether oxygens (including phenoxy) is 1. The smallest absolute Gasteiger partial charge is 0.334 e. The fourth-order valence-corrected chi connectivity index (χ4v) is 1.14. The van der Waals surface area contributed by atoms with Crippen molar-refractivity contribution in [2.24, 2.45) is 5.92 Å². The van der Waals surface area contributed by atoms with Crippen LogP contribution in [-0.2, 0) is 9.53 Å². The molecule has 0 aliphatic carbocycles. The van der Waals surface area contributed by atoms with E-state index in [4.69, 9.17) is 4.74 Å². The van der Waals surface area contributed by atoms with Crippen molar-refractivity contribution in [1.82, 2.24) is 0 Å². The highest BCUT2D eigenvalue weighted by Gasteiger charge is 2.20. The van der Waals surface area contributed by atoms with Crippen molar-refractivity contribution in [3.63, 3.8) is 0 Å². The molecule has 2 nitrogen and oxygen atoms in total. The van der Waals surface area contributed by atoms with Gasteiger partial charge in [-0.05, 0) is 13.0 Å². The van der Waals surface area contributed by atoms with E-state index in [1.165, 1.54) is 0 Å². The first kappa shape index (κ1) is 8.05. The predicted molar refractivity (Wildman–Crippen MR) is 43.0 cm³/mol. The molecule has 0 amide bonds. The molecule has 0 fully saturated rings. The Morgan fingerprint density at radius 2 is 2.45 bits per heavy atom. The first-order valence-corrected chi connectivity index (χ1v) is 3.75. The molecule has 0 bridgehead atoms. The summed E-state index contributed by atoms with van der Waals surface area (Å²) in [6.07, 6.45) is 5.77. The van der Waals surface area contributed by atoms with Gasteiger partial charge in [0.1, 0.15) is 6.61 Å². The van der Waals surface area contributed by atoms with Gasteiger partial charge in [-0.15, -0.1) is 0 Å². The van der Waals surface area contributed by atoms with E-state index in [1.807, 2.05) is 32.1 Å².